The molecule has 1 rings (SSSR count). The highest BCUT2D eigenvalue weighted by Gasteiger charge is 2.19. The molecule has 0 aromatic carbocycles. The zero-order valence-electron chi connectivity index (χ0n) is 11.2. The van der Waals surface area contributed by atoms with Gasteiger partial charge in [-0.1, -0.05) is 12.8 Å². The van der Waals surface area contributed by atoms with Crippen LogP contribution >= 0.6 is 11.8 Å². The maximum Gasteiger partial charge on any atom is 0.0598 e. The quantitative estimate of drug-likeness (QED) is 0.554. The van der Waals surface area contributed by atoms with Crippen LogP contribution in [0.2, 0.25) is 0 Å². The summed E-state index contributed by atoms with van der Waals surface area (Å²) in [7, 11) is 0. The number of nitrogens with one attached hydrogen (secondary N) is 1. The highest BCUT2D eigenvalue weighted by molar-refractivity contribution is 7.99. The van der Waals surface area contributed by atoms with Crippen molar-refractivity contribution >= 4 is 11.8 Å². The normalized spacial score (nSPS) is 20.1. The average molecular weight is 254 g/mol. The average Bonchev–Trinajstić information content (AvgIpc) is 2.32. The van der Waals surface area contributed by atoms with Crippen LogP contribution in [-0.2, 0) is 0 Å². The van der Waals surface area contributed by atoms with E-state index >= 15 is 0 Å². The van der Waals surface area contributed by atoms with Crippen LogP contribution < -0.4 is 5.32 Å². The largest absolute Gasteiger partial charge is 0.311 e. The first-order valence-electron chi connectivity index (χ1n) is 6.75. The number of rotatable bonds is 7. The van der Waals surface area contributed by atoms with Gasteiger partial charge in [0.25, 0.3) is 0 Å². The minimum absolute atomic E-state index is 0.651. The van der Waals surface area contributed by atoms with Crippen molar-refractivity contribution in [1.29, 1.82) is 0 Å². The molecule has 1 atom stereocenters. The molecule has 1 N–H and O–H groups in total. The lowest BCUT2D eigenvalue weighted by Crippen LogP contribution is -2.45. The first kappa shape index (κ1) is 14.9. The van der Waals surface area contributed by atoms with Crippen LogP contribution in [0.4, 0.5) is 0 Å². The topological polar surface area (TPSA) is 15.3 Å². The summed E-state index contributed by atoms with van der Waals surface area (Å²) in [5.41, 5.74) is 0. The number of thioether (sulfide) groups is 1. The fourth-order valence-electron chi connectivity index (χ4n) is 2.28. The predicted octanol–water partition coefficient (Wildman–Crippen LogP) is 2.21. The van der Waals surface area contributed by atoms with Crippen LogP contribution in [0.15, 0.2) is 0 Å². The van der Waals surface area contributed by atoms with Crippen LogP contribution in [0, 0.1) is 12.3 Å². The molecule has 1 aliphatic heterocycles. The molecule has 98 valence electrons. The minimum atomic E-state index is 0.651. The third-order valence-electron chi connectivity index (χ3n) is 3.32. The molecule has 1 heterocycles. The first-order valence-corrected chi connectivity index (χ1v) is 7.91. The second-order valence-electron chi connectivity index (χ2n) is 4.81. The van der Waals surface area contributed by atoms with Crippen LogP contribution in [0.3, 0.4) is 0 Å². The number of piperidine rings is 1. The van der Waals surface area contributed by atoms with Gasteiger partial charge in [0, 0.05) is 25.2 Å². The van der Waals surface area contributed by atoms with Crippen LogP contribution in [-0.4, -0.2) is 48.1 Å². The van der Waals surface area contributed by atoms with E-state index in [2.05, 4.69) is 30.0 Å². The second kappa shape index (κ2) is 8.85. The zero-order valence-corrected chi connectivity index (χ0v) is 12.1. The van der Waals surface area contributed by atoms with E-state index in [1.165, 1.54) is 30.8 Å². The van der Waals surface area contributed by atoms with Gasteiger partial charge < -0.3 is 5.32 Å². The zero-order chi connectivity index (χ0) is 12.5. The molecule has 0 bridgehead atoms. The maximum absolute atomic E-state index is 5.33. The second-order valence-corrected chi connectivity index (χ2v) is 6.20. The summed E-state index contributed by atoms with van der Waals surface area (Å²) in [4.78, 5) is 2.37. The van der Waals surface area contributed by atoms with Gasteiger partial charge in [-0.2, -0.15) is 11.8 Å². The molecule has 1 saturated heterocycles. The summed E-state index contributed by atoms with van der Waals surface area (Å²) in [5.74, 6) is 5.24. The predicted molar refractivity (Wildman–Crippen MR) is 78.5 cm³/mol. The van der Waals surface area contributed by atoms with Crippen molar-refractivity contribution in [2.24, 2.45) is 0 Å². The molecule has 1 unspecified atom stereocenters. The Hall–Kier alpha value is -0.170. The molecule has 1 aliphatic rings. The monoisotopic (exact) mass is 254 g/mol. The molecular weight excluding hydrogens is 228 g/mol. The van der Waals surface area contributed by atoms with Gasteiger partial charge in [-0.3, -0.25) is 4.90 Å². The van der Waals surface area contributed by atoms with E-state index in [1.807, 2.05) is 11.8 Å². The molecule has 0 amide bonds. The molecule has 2 nitrogen and oxygen atoms in total. The summed E-state index contributed by atoms with van der Waals surface area (Å²) < 4.78 is 0. The highest BCUT2D eigenvalue weighted by atomic mass is 32.2. The molecule has 0 aliphatic carbocycles. The lowest BCUT2D eigenvalue weighted by atomic mass is 10.0. The Bertz CT molecular complexity index is 229. The van der Waals surface area contributed by atoms with Gasteiger partial charge in [0.2, 0.25) is 0 Å². The number of likely N-dealkylation sites (tertiary alicyclic amines) is 1. The molecule has 0 aromatic rings. The lowest BCUT2D eigenvalue weighted by Gasteiger charge is -2.32. The van der Waals surface area contributed by atoms with Crippen LogP contribution in [0.1, 0.15) is 33.1 Å². The van der Waals surface area contributed by atoms with Gasteiger partial charge in [-0.25, -0.2) is 0 Å². The van der Waals surface area contributed by atoms with E-state index in [1.54, 1.807) is 0 Å². The summed E-state index contributed by atoms with van der Waals surface area (Å²) in [5, 5.41) is 3.75. The molecule has 0 saturated carbocycles. The summed E-state index contributed by atoms with van der Waals surface area (Å²) in [6.07, 6.45) is 9.10. The number of hydrogen-bond donors (Lipinski definition) is 1. The van der Waals surface area contributed by atoms with Gasteiger partial charge in [0.1, 0.15) is 0 Å². The Morgan fingerprint density at radius 3 is 2.76 bits per heavy atom. The van der Waals surface area contributed by atoms with E-state index in [-0.39, 0.29) is 0 Å². The third kappa shape index (κ3) is 6.35. The van der Waals surface area contributed by atoms with Crippen molar-refractivity contribution in [3.8, 4) is 12.3 Å². The van der Waals surface area contributed by atoms with Gasteiger partial charge in [0.05, 0.1) is 6.54 Å². The summed E-state index contributed by atoms with van der Waals surface area (Å²) in [6, 6.07) is 1.35. The molecule has 0 radical (unpaired) electrons. The van der Waals surface area contributed by atoms with Crippen molar-refractivity contribution in [3.05, 3.63) is 0 Å². The minimum Gasteiger partial charge on any atom is -0.311 e. The standard InChI is InChI=1S/C14H26N2S/c1-4-9-16-10-6-14(7-11-16)15-13(3)8-12-17-5-2/h1,13-15H,5-12H2,2-3H3. The molecule has 1 fully saturated rings. The smallest absolute Gasteiger partial charge is 0.0598 e. The van der Waals surface area contributed by atoms with Crippen LogP contribution in [0.5, 0.6) is 0 Å². The SMILES string of the molecule is C#CCN1CCC(NC(C)CCSCC)CC1. The summed E-state index contributed by atoms with van der Waals surface area (Å²) in [6.45, 7) is 7.65. The van der Waals surface area contributed by atoms with Crippen molar-refractivity contribution < 1.29 is 0 Å². The number of nitrogens with zero attached hydrogens (tertiary/aromatic N) is 1. The van der Waals surface area contributed by atoms with Crippen molar-refractivity contribution in [2.45, 2.75) is 45.2 Å². The third-order valence-corrected chi connectivity index (χ3v) is 4.25. The van der Waals surface area contributed by atoms with E-state index in [0.717, 1.165) is 19.6 Å². The summed E-state index contributed by atoms with van der Waals surface area (Å²) >= 11 is 2.04. The van der Waals surface area contributed by atoms with Gasteiger partial charge in [-0.05, 0) is 37.7 Å². The Balaban J connectivity index is 2.10. The molecule has 0 aromatic heterocycles. The molecular formula is C14H26N2S. The Kier molecular flexibility index (Phi) is 7.75. The fraction of sp³-hybridized carbons (Fsp3) is 0.857. The molecule has 3 heteroatoms. The van der Waals surface area contributed by atoms with Gasteiger partial charge >= 0.3 is 0 Å². The van der Waals surface area contributed by atoms with Gasteiger partial charge in [-0.15, -0.1) is 6.42 Å². The van der Waals surface area contributed by atoms with E-state index < -0.39 is 0 Å². The first-order chi connectivity index (χ1) is 8.26. The van der Waals surface area contributed by atoms with E-state index in [0.29, 0.717) is 12.1 Å². The Morgan fingerprint density at radius 1 is 1.47 bits per heavy atom. The van der Waals surface area contributed by atoms with E-state index in [9.17, 15) is 0 Å². The number of terminal acetylenes is 1. The Morgan fingerprint density at radius 2 is 2.18 bits per heavy atom. The van der Waals surface area contributed by atoms with E-state index in [4.69, 9.17) is 6.42 Å². The molecule has 17 heavy (non-hydrogen) atoms. The van der Waals surface area contributed by atoms with Crippen LogP contribution in [0.25, 0.3) is 0 Å². The lowest BCUT2D eigenvalue weighted by molar-refractivity contribution is 0.210. The number of hydrogen-bond acceptors (Lipinski definition) is 3. The molecule has 0 spiro atoms. The fourth-order valence-corrected chi connectivity index (χ4v) is 3.09. The van der Waals surface area contributed by atoms with Gasteiger partial charge in [0.15, 0.2) is 0 Å². The highest BCUT2D eigenvalue weighted by Crippen LogP contribution is 2.12. The Labute approximate surface area is 111 Å². The van der Waals surface area contributed by atoms with Crippen molar-refractivity contribution in [2.75, 3.05) is 31.1 Å². The van der Waals surface area contributed by atoms with Crippen molar-refractivity contribution in [1.82, 2.24) is 10.2 Å². The van der Waals surface area contributed by atoms with Crippen molar-refractivity contribution in [3.63, 3.8) is 0 Å². The maximum atomic E-state index is 5.33.